The lowest BCUT2D eigenvalue weighted by atomic mass is 10.1. The summed E-state index contributed by atoms with van der Waals surface area (Å²) < 4.78 is 0. The molecule has 1 fully saturated rings. The highest BCUT2D eigenvalue weighted by atomic mass is 16.1. The Morgan fingerprint density at radius 3 is 2.71 bits per heavy atom. The monoisotopic (exact) mass is 289 g/mol. The molecule has 0 spiro atoms. The normalized spacial score (nSPS) is 16.4. The highest BCUT2D eigenvalue weighted by Gasteiger charge is 2.10. The zero-order valence-corrected chi connectivity index (χ0v) is 12.8. The minimum Gasteiger partial charge on any atom is -0.355 e. The number of carbonyl (C=O) groups excluding carboxylic acids is 1. The van der Waals surface area contributed by atoms with E-state index in [1.54, 1.807) is 6.20 Å². The molecule has 1 aliphatic carbocycles. The summed E-state index contributed by atoms with van der Waals surface area (Å²) in [6, 6.07) is 4.57. The standard InChI is InChI=1S/C17H27N3O/c21-17(10-9-15-6-5-11-18-14-15)20-13-12-19-16-7-3-1-2-4-8-16/h5-6,11,14,16,19H,1-4,7-10,12-13H2,(H,20,21). The number of aryl methyl sites for hydroxylation is 1. The van der Waals surface area contributed by atoms with Crippen LogP contribution in [0.5, 0.6) is 0 Å². The van der Waals surface area contributed by atoms with Gasteiger partial charge in [0.1, 0.15) is 0 Å². The van der Waals surface area contributed by atoms with E-state index in [0.29, 0.717) is 12.5 Å². The number of aromatic nitrogens is 1. The predicted octanol–water partition coefficient (Wildman–Crippen LogP) is 2.44. The van der Waals surface area contributed by atoms with E-state index in [2.05, 4.69) is 15.6 Å². The number of carbonyl (C=O) groups is 1. The SMILES string of the molecule is O=C(CCc1cccnc1)NCCNC1CCCCCC1. The van der Waals surface area contributed by atoms with Gasteiger partial charge in [-0.15, -0.1) is 0 Å². The molecule has 0 saturated heterocycles. The first kappa shape index (κ1) is 16.0. The van der Waals surface area contributed by atoms with E-state index < -0.39 is 0 Å². The van der Waals surface area contributed by atoms with Crippen molar-refractivity contribution in [1.29, 1.82) is 0 Å². The van der Waals surface area contributed by atoms with Crippen LogP contribution in [0.25, 0.3) is 0 Å². The summed E-state index contributed by atoms with van der Waals surface area (Å²) in [7, 11) is 0. The summed E-state index contributed by atoms with van der Waals surface area (Å²) in [6.45, 7) is 1.60. The summed E-state index contributed by atoms with van der Waals surface area (Å²) in [5.74, 6) is 0.126. The van der Waals surface area contributed by atoms with Gasteiger partial charge >= 0.3 is 0 Å². The van der Waals surface area contributed by atoms with Gasteiger partial charge in [-0.25, -0.2) is 0 Å². The maximum absolute atomic E-state index is 11.8. The van der Waals surface area contributed by atoms with Crippen molar-refractivity contribution in [3.63, 3.8) is 0 Å². The molecule has 4 heteroatoms. The topological polar surface area (TPSA) is 54.0 Å². The van der Waals surface area contributed by atoms with Gasteiger partial charge in [-0.1, -0.05) is 31.7 Å². The first-order valence-electron chi connectivity index (χ1n) is 8.23. The van der Waals surface area contributed by atoms with Crippen LogP contribution in [0.4, 0.5) is 0 Å². The molecular formula is C17H27N3O. The maximum atomic E-state index is 11.8. The second kappa shape index (κ2) is 9.50. The summed E-state index contributed by atoms with van der Waals surface area (Å²) in [5.41, 5.74) is 1.12. The molecule has 1 saturated carbocycles. The molecule has 1 heterocycles. The third-order valence-electron chi connectivity index (χ3n) is 4.10. The molecule has 2 N–H and O–H groups in total. The summed E-state index contributed by atoms with van der Waals surface area (Å²) in [6.07, 6.45) is 12.9. The molecule has 116 valence electrons. The summed E-state index contributed by atoms with van der Waals surface area (Å²) in [5, 5.41) is 6.55. The molecule has 2 rings (SSSR count). The van der Waals surface area contributed by atoms with Gasteiger partial charge in [-0.3, -0.25) is 9.78 Å². The number of amides is 1. The fourth-order valence-electron chi connectivity index (χ4n) is 2.85. The van der Waals surface area contributed by atoms with Crippen molar-refractivity contribution >= 4 is 5.91 Å². The predicted molar refractivity (Wildman–Crippen MR) is 85.1 cm³/mol. The lowest BCUT2D eigenvalue weighted by Crippen LogP contribution is -2.36. The van der Waals surface area contributed by atoms with Gasteiger partial charge in [0, 0.05) is 37.9 Å². The molecule has 0 aromatic carbocycles. The molecule has 0 bridgehead atoms. The number of hydrogen-bond donors (Lipinski definition) is 2. The lowest BCUT2D eigenvalue weighted by Gasteiger charge is -2.16. The quantitative estimate of drug-likeness (QED) is 0.599. The van der Waals surface area contributed by atoms with Gasteiger partial charge in [0.2, 0.25) is 5.91 Å². The number of rotatable bonds is 7. The number of nitrogens with zero attached hydrogens (tertiary/aromatic N) is 1. The molecule has 0 radical (unpaired) electrons. The third-order valence-corrected chi connectivity index (χ3v) is 4.10. The fraction of sp³-hybridized carbons (Fsp3) is 0.647. The van der Waals surface area contributed by atoms with Crippen LogP contribution in [0.15, 0.2) is 24.5 Å². The van der Waals surface area contributed by atoms with E-state index >= 15 is 0 Å². The maximum Gasteiger partial charge on any atom is 0.220 e. The van der Waals surface area contributed by atoms with Crippen LogP contribution in [0.1, 0.15) is 50.5 Å². The highest BCUT2D eigenvalue weighted by molar-refractivity contribution is 5.76. The van der Waals surface area contributed by atoms with Crippen molar-refractivity contribution in [3.8, 4) is 0 Å². The smallest absolute Gasteiger partial charge is 0.220 e. The second-order valence-electron chi connectivity index (χ2n) is 5.85. The minimum absolute atomic E-state index is 0.126. The largest absolute Gasteiger partial charge is 0.355 e. The Balaban J connectivity index is 1.52. The van der Waals surface area contributed by atoms with Crippen molar-refractivity contribution in [2.75, 3.05) is 13.1 Å². The summed E-state index contributed by atoms with van der Waals surface area (Å²) >= 11 is 0. The fourth-order valence-corrected chi connectivity index (χ4v) is 2.85. The van der Waals surface area contributed by atoms with E-state index in [1.165, 1.54) is 38.5 Å². The Morgan fingerprint density at radius 2 is 2.00 bits per heavy atom. The van der Waals surface area contributed by atoms with Crippen LogP contribution in [0, 0.1) is 0 Å². The Kier molecular flexibility index (Phi) is 7.22. The minimum atomic E-state index is 0.126. The highest BCUT2D eigenvalue weighted by Crippen LogP contribution is 2.16. The Morgan fingerprint density at radius 1 is 1.19 bits per heavy atom. The van der Waals surface area contributed by atoms with Crippen molar-refractivity contribution in [3.05, 3.63) is 30.1 Å². The number of hydrogen-bond acceptors (Lipinski definition) is 3. The van der Waals surface area contributed by atoms with Crippen molar-refractivity contribution in [1.82, 2.24) is 15.6 Å². The molecule has 1 aliphatic rings. The second-order valence-corrected chi connectivity index (χ2v) is 5.85. The van der Waals surface area contributed by atoms with Crippen molar-refractivity contribution < 1.29 is 4.79 Å². The van der Waals surface area contributed by atoms with E-state index in [1.807, 2.05) is 18.3 Å². The van der Waals surface area contributed by atoms with Crippen molar-refractivity contribution in [2.45, 2.75) is 57.4 Å². The van der Waals surface area contributed by atoms with Crippen molar-refractivity contribution in [2.24, 2.45) is 0 Å². The van der Waals surface area contributed by atoms with Gasteiger partial charge in [-0.2, -0.15) is 0 Å². The molecule has 1 amide bonds. The Hall–Kier alpha value is -1.42. The van der Waals surface area contributed by atoms with Crippen LogP contribution in [-0.2, 0) is 11.2 Å². The van der Waals surface area contributed by atoms with Crippen LogP contribution in [0.3, 0.4) is 0 Å². The molecule has 1 aromatic rings. The number of pyridine rings is 1. The van der Waals surface area contributed by atoms with Gasteiger partial charge in [0.05, 0.1) is 0 Å². The Bertz CT molecular complexity index is 400. The van der Waals surface area contributed by atoms with E-state index in [9.17, 15) is 4.79 Å². The zero-order chi connectivity index (χ0) is 14.8. The number of nitrogens with one attached hydrogen (secondary N) is 2. The third kappa shape index (κ3) is 6.71. The van der Waals surface area contributed by atoms with Crippen LogP contribution in [-0.4, -0.2) is 30.0 Å². The van der Waals surface area contributed by atoms with Gasteiger partial charge in [0.25, 0.3) is 0 Å². The molecule has 0 unspecified atom stereocenters. The van der Waals surface area contributed by atoms with Gasteiger partial charge in [-0.05, 0) is 30.9 Å². The molecule has 0 aliphatic heterocycles. The van der Waals surface area contributed by atoms with E-state index in [4.69, 9.17) is 0 Å². The molecule has 1 aromatic heterocycles. The lowest BCUT2D eigenvalue weighted by molar-refractivity contribution is -0.121. The van der Waals surface area contributed by atoms with Crippen LogP contribution in [0.2, 0.25) is 0 Å². The van der Waals surface area contributed by atoms with Crippen LogP contribution < -0.4 is 10.6 Å². The van der Waals surface area contributed by atoms with E-state index in [0.717, 1.165) is 25.1 Å². The Labute approximate surface area is 127 Å². The summed E-state index contributed by atoms with van der Waals surface area (Å²) in [4.78, 5) is 15.8. The molecular weight excluding hydrogens is 262 g/mol. The first-order chi connectivity index (χ1) is 10.3. The first-order valence-corrected chi connectivity index (χ1v) is 8.23. The zero-order valence-electron chi connectivity index (χ0n) is 12.8. The average molecular weight is 289 g/mol. The average Bonchev–Trinajstić information content (AvgIpc) is 2.79. The van der Waals surface area contributed by atoms with E-state index in [-0.39, 0.29) is 5.91 Å². The molecule has 21 heavy (non-hydrogen) atoms. The molecule has 0 atom stereocenters. The molecule has 4 nitrogen and oxygen atoms in total. The van der Waals surface area contributed by atoms with Crippen LogP contribution >= 0.6 is 0 Å². The van der Waals surface area contributed by atoms with Gasteiger partial charge in [0.15, 0.2) is 0 Å². The van der Waals surface area contributed by atoms with Gasteiger partial charge < -0.3 is 10.6 Å².